The van der Waals surface area contributed by atoms with E-state index in [1.807, 2.05) is 6.92 Å². The number of carbonyl (C=O) groups is 1. The molecule has 4 fully saturated rings. The van der Waals surface area contributed by atoms with Crippen molar-refractivity contribution in [3.8, 4) is 0 Å². The summed E-state index contributed by atoms with van der Waals surface area (Å²) in [5.74, 6) is 2.02. The molecule has 4 bridgehead atoms. The molecule has 0 aliphatic heterocycles. The average Bonchev–Trinajstić information content (AvgIpc) is 2.25. The maximum atomic E-state index is 11.2. The van der Waals surface area contributed by atoms with Crippen LogP contribution in [0.15, 0.2) is 0 Å². The number of esters is 1. The van der Waals surface area contributed by atoms with Gasteiger partial charge in [0.05, 0.1) is 5.60 Å². The van der Waals surface area contributed by atoms with E-state index in [1.54, 1.807) is 0 Å². The standard InChI is InChI=1S/C14H21ClO3/c1-9(17-13(16)8-15)18-14-5-10-2-11(6-14)4-12(3-10)7-14/h9-12H,2-8H2,1H3. The second kappa shape index (κ2) is 4.68. The van der Waals surface area contributed by atoms with Crippen molar-refractivity contribution in [3.05, 3.63) is 0 Å². The van der Waals surface area contributed by atoms with Gasteiger partial charge in [0.15, 0.2) is 0 Å². The number of hydrogen-bond acceptors (Lipinski definition) is 3. The van der Waals surface area contributed by atoms with Crippen LogP contribution in [0.2, 0.25) is 0 Å². The van der Waals surface area contributed by atoms with Crippen molar-refractivity contribution >= 4 is 17.6 Å². The Kier molecular flexibility index (Phi) is 3.31. The molecule has 0 saturated heterocycles. The van der Waals surface area contributed by atoms with E-state index in [0.717, 1.165) is 37.0 Å². The Hall–Kier alpha value is -0.280. The van der Waals surface area contributed by atoms with Crippen LogP contribution in [0.5, 0.6) is 0 Å². The summed E-state index contributed by atoms with van der Waals surface area (Å²) in [6.07, 6.45) is 7.16. The summed E-state index contributed by atoms with van der Waals surface area (Å²) in [6.45, 7) is 1.81. The van der Waals surface area contributed by atoms with Gasteiger partial charge >= 0.3 is 5.97 Å². The second-order valence-electron chi connectivity index (χ2n) is 6.41. The van der Waals surface area contributed by atoms with E-state index in [-0.39, 0.29) is 11.5 Å². The van der Waals surface area contributed by atoms with Crippen molar-refractivity contribution in [2.24, 2.45) is 17.8 Å². The third kappa shape index (κ3) is 2.39. The third-order valence-corrected chi connectivity index (χ3v) is 5.02. The monoisotopic (exact) mass is 272 g/mol. The molecule has 0 aromatic rings. The molecule has 102 valence electrons. The molecule has 4 saturated carbocycles. The highest BCUT2D eigenvalue weighted by Crippen LogP contribution is 2.57. The molecule has 4 heteroatoms. The smallest absolute Gasteiger partial charge is 0.323 e. The predicted molar refractivity (Wildman–Crippen MR) is 68.3 cm³/mol. The van der Waals surface area contributed by atoms with E-state index < -0.39 is 12.3 Å². The first kappa shape index (κ1) is 12.7. The molecular weight excluding hydrogens is 252 g/mol. The minimum atomic E-state index is -0.465. The molecule has 0 N–H and O–H groups in total. The van der Waals surface area contributed by atoms with Crippen molar-refractivity contribution in [1.29, 1.82) is 0 Å². The Morgan fingerprint density at radius 3 is 2.17 bits per heavy atom. The molecule has 0 aromatic heterocycles. The van der Waals surface area contributed by atoms with Crippen LogP contribution in [0.1, 0.15) is 45.4 Å². The molecule has 0 radical (unpaired) electrons. The van der Waals surface area contributed by atoms with E-state index in [1.165, 1.54) is 19.3 Å². The Bertz CT molecular complexity index is 307. The Morgan fingerprint density at radius 2 is 1.72 bits per heavy atom. The van der Waals surface area contributed by atoms with Crippen LogP contribution in [0.3, 0.4) is 0 Å². The maximum Gasteiger partial charge on any atom is 0.323 e. The fourth-order valence-electron chi connectivity index (χ4n) is 4.77. The quantitative estimate of drug-likeness (QED) is 0.448. The number of ether oxygens (including phenoxy) is 2. The molecule has 4 aliphatic rings. The van der Waals surface area contributed by atoms with Gasteiger partial charge in [0.1, 0.15) is 5.88 Å². The highest BCUT2D eigenvalue weighted by Gasteiger charge is 2.52. The van der Waals surface area contributed by atoms with Crippen LogP contribution in [-0.4, -0.2) is 23.7 Å². The zero-order valence-corrected chi connectivity index (χ0v) is 11.6. The van der Waals surface area contributed by atoms with Crippen LogP contribution in [0.25, 0.3) is 0 Å². The molecule has 1 unspecified atom stereocenters. The fourth-order valence-corrected chi connectivity index (χ4v) is 4.83. The SMILES string of the molecule is CC(OC(=O)CCl)OC12CC3CC(CC(C3)C1)C2. The van der Waals surface area contributed by atoms with Crippen LogP contribution >= 0.6 is 11.6 Å². The molecule has 18 heavy (non-hydrogen) atoms. The normalized spacial score (nSPS) is 42.9. The average molecular weight is 273 g/mol. The molecule has 4 rings (SSSR count). The number of rotatable bonds is 4. The van der Waals surface area contributed by atoms with Crippen molar-refractivity contribution in [1.82, 2.24) is 0 Å². The first-order valence-electron chi connectivity index (χ1n) is 7.02. The van der Waals surface area contributed by atoms with E-state index in [2.05, 4.69) is 0 Å². The van der Waals surface area contributed by atoms with Gasteiger partial charge < -0.3 is 9.47 Å². The second-order valence-corrected chi connectivity index (χ2v) is 6.68. The van der Waals surface area contributed by atoms with E-state index in [9.17, 15) is 4.79 Å². The molecule has 0 aromatic carbocycles. The van der Waals surface area contributed by atoms with Crippen molar-refractivity contribution in [2.75, 3.05) is 5.88 Å². The van der Waals surface area contributed by atoms with Crippen molar-refractivity contribution < 1.29 is 14.3 Å². The number of halogens is 1. The lowest BCUT2D eigenvalue weighted by Crippen LogP contribution is -2.53. The molecule has 1 atom stereocenters. The number of hydrogen-bond donors (Lipinski definition) is 0. The first-order valence-corrected chi connectivity index (χ1v) is 7.55. The Morgan fingerprint density at radius 1 is 1.22 bits per heavy atom. The molecular formula is C14H21ClO3. The number of carbonyl (C=O) groups excluding carboxylic acids is 1. The van der Waals surface area contributed by atoms with E-state index in [4.69, 9.17) is 21.1 Å². The van der Waals surface area contributed by atoms with Gasteiger partial charge in [-0.25, -0.2) is 0 Å². The van der Waals surface area contributed by atoms with E-state index in [0.29, 0.717) is 0 Å². The van der Waals surface area contributed by atoms with Crippen molar-refractivity contribution in [2.45, 2.75) is 57.3 Å². The van der Waals surface area contributed by atoms with E-state index >= 15 is 0 Å². The van der Waals surface area contributed by atoms with Gasteiger partial charge in [-0.1, -0.05) is 0 Å². The van der Waals surface area contributed by atoms with Gasteiger partial charge in [-0.15, -0.1) is 11.6 Å². The summed E-state index contributed by atoms with van der Waals surface area (Å²) < 4.78 is 11.3. The largest absolute Gasteiger partial charge is 0.435 e. The van der Waals surface area contributed by atoms with Gasteiger partial charge in [0, 0.05) is 0 Å². The van der Waals surface area contributed by atoms with Gasteiger partial charge in [-0.3, -0.25) is 4.79 Å². The summed E-state index contributed by atoms with van der Waals surface area (Å²) in [5, 5.41) is 0. The van der Waals surface area contributed by atoms with Crippen molar-refractivity contribution in [3.63, 3.8) is 0 Å². The minimum Gasteiger partial charge on any atom is -0.435 e. The third-order valence-electron chi connectivity index (χ3n) is 4.80. The maximum absolute atomic E-state index is 11.2. The zero-order chi connectivity index (χ0) is 12.8. The summed E-state index contributed by atoms with van der Waals surface area (Å²) >= 11 is 5.44. The lowest BCUT2D eigenvalue weighted by molar-refractivity contribution is -0.243. The zero-order valence-electron chi connectivity index (χ0n) is 10.9. The van der Waals surface area contributed by atoms with Crippen LogP contribution < -0.4 is 0 Å². The van der Waals surface area contributed by atoms with Gasteiger partial charge in [-0.2, -0.15) is 0 Å². The van der Waals surface area contributed by atoms with Crippen LogP contribution in [0, 0.1) is 17.8 Å². The summed E-state index contributed by atoms with van der Waals surface area (Å²) in [4.78, 5) is 11.2. The molecule has 0 amide bonds. The number of alkyl halides is 1. The lowest BCUT2D eigenvalue weighted by Gasteiger charge is -2.56. The lowest BCUT2D eigenvalue weighted by atomic mass is 9.54. The van der Waals surface area contributed by atoms with Crippen LogP contribution in [0.4, 0.5) is 0 Å². The van der Waals surface area contributed by atoms with Crippen LogP contribution in [-0.2, 0) is 14.3 Å². The molecule has 3 nitrogen and oxygen atoms in total. The fraction of sp³-hybridized carbons (Fsp3) is 0.929. The highest BCUT2D eigenvalue weighted by atomic mass is 35.5. The molecule has 0 heterocycles. The molecule has 0 spiro atoms. The van der Waals surface area contributed by atoms with Gasteiger partial charge in [-0.05, 0) is 63.2 Å². The predicted octanol–water partition coefficient (Wildman–Crippen LogP) is 3.10. The van der Waals surface area contributed by atoms with Gasteiger partial charge in [0.2, 0.25) is 6.29 Å². The van der Waals surface area contributed by atoms with Gasteiger partial charge in [0.25, 0.3) is 0 Å². The summed E-state index contributed by atoms with van der Waals surface area (Å²) in [7, 11) is 0. The Labute approximate surface area is 113 Å². The summed E-state index contributed by atoms with van der Waals surface area (Å²) in [5.41, 5.74) is -0.0131. The topological polar surface area (TPSA) is 35.5 Å². The Balaban J connectivity index is 1.63. The first-order chi connectivity index (χ1) is 8.58. The highest BCUT2D eigenvalue weighted by molar-refractivity contribution is 6.26. The minimum absolute atomic E-state index is 0.0131. The summed E-state index contributed by atoms with van der Waals surface area (Å²) in [6, 6.07) is 0. The molecule has 4 aliphatic carbocycles.